The minimum absolute atomic E-state index is 0.207. The molecule has 0 aliphatic carbocycles. The summed E-state index contributed by atoms with van der Waals surface area (Å²) in [6.07, 6.45) is 3.96. The Morgan fingerprint density at radius 2 is 2.13 bits per heavy atom. The van der Waals surface area contributed by atoms with Crippen molar-refractivity contribution in [3.8, 4) is 5.75 Å². The number of nitrogens with one attached hydrogen (secondary N) is 2. The van der Waals surface area contributed by atoms with Crippen molar-refractivity contribution in [1.82, 2.24) is 15.6 Å². The molecule has 0 spiro atoms. The number of ether oxygens (including phenoxy) is 1. The second-order valence-corrected chi connectivity index (χ2v) is 6.25. The number of urea groups is 1. The van der Waals surface area contributed by atoms with Crippen LogP contribution < -0.4 is 21.3 Å². The van der Waals surface area contributed by atoms with E-state index >= 15 is 0 Å². The Morgan fingerprint density at radius 1 is 1.35 bits per heavy atom. The first kappa shape index (κ1) is 17.6. The van der Waals surface area contributed by atoms with E-state index in [2.05, 4.69) is 22.3 Å². The Labute approximate surface area is 138 Å². The molecule has 1 aromatic carbocycles. The predicted molar refractivity (Wildman–Crippen MR) is 91.0 cm³/mol. The number of nitrogens with zero attached hydrogens (tertiary/aromatic N) is 1. The molecule has 23 heavy (non-hydrogen) atoms. The van der Waals surface area contributed by atoms with Crippen molar-refractivity contribution in [2.24, 2.45) is 11.8 Å². The molecule has 2 amide bonds. The van der Waals surface area contributed by atoms with Gasteiger partial charge in [-0.2, -0.15) is 0 Å². The maximum absolute atomic E-state index is 11.0. The van der Waals surface area contributed by atoms with Crippen LogP contribution in [0.4, 0.5) is 4.79 Å². The molecule has 128 valence electrons. The van der Waals surface area contributed by atoms with Crippen LogP contribution in [-0.4, -0.2) is 37.2 Å². The van der Waals surface area contributed by atoms with E-state index in [1.54, 1.807) is 0 Å². The Morgan fingerprint density at radius 3 is 2.87 bits per heavy atom. The molecule has 1 heterocycles. The first-order valence-corrected chi connectivity index (χ1v) is 8.36. The standard InChI is InChI=1S/C17H28N4O2/c1-14(11-19-17(22)20-18)13-23-16-7-5-6-15(10-16)12-21-8-3-2-4-9-21/h5-7,10,14H,2-4,8-9,11-13,18H2,1H3,(H2,19,20,22). The van der Waals surface area contributed by atoms with Gasteiger partial charge in [0.1, 0.15) is 5.75 Å². The predicted octanol–water partition coefficient (Wildman–Crippen LogP) is 1.86. The molecular formula is C17H28N4O2. The number of rotatable bonds is 7. The Hall–Kier alpha value is -1.79. The second kappa shape index (κ2) is 9.37. The highest BCUT2D eigenvalue weighted by Gasteiger charge is 2.11. The van der Waals surface area contributed by atoms with Crippen LogP contribution in [-0.2, 0) is 6.54 Å². The van der Waals surface area contributed by atoms with Crippen molar-refractivity contribution in [3.63, 3.8) is 0 Å². The van der Waals surface area contributed by atoms with E-state index in [0.29, 0.717) is 13.2 Å². The van der Waals surface area contributed by atoms with E-state index < -0.39 is 0 Å². The number of piperidine rings is 1. The van der Waals surface area contributed by atoms with Crippen LogP contribution in [0.3, 0.4) is 0 Å². The van der Waals surface area contributed by atoms with Gasteiger partial charge in [0.2, 0.25) is 0 Å². The van der Waals surface area contributed by atoms with Crippen LogP contribution in [0.2, 0.25) is 0 Å². The van der Waals surface area contributed by atoms with Crippen LogP contribution in [0, 0.1) is 5.92 Å². The largest absolute Gasteiger partial charge is 0.493 e. The van der Waals surface area contributed by atoms with Gasteiger partial charge in [-0.15, -0.1) is 0 Å². The lowest BCUT2D eigenvalue weighted by Gasteiger charge is -2.26. The van der Waals surface area contributed by atoms with E-state index in [4.69, 9.17) is 10.6 Å². The summed E-state index contributed by atoms with van der Waals surface area (Å²) in [5.74, 6) is 6.11. The van der Waals surface area contributed by atoms with Crippen LogP contribution in [0.5, 0.6) is 5.75 Å². The van der Waals surface area contributed by atoms with Gasteiger partial charge in [-0.1, -0.05) is 25.5 Å². The topological polar surface area (TPSA) is 79.6 Å². The number of hydrazine groups is 1. The lowest BCUT2D eigenvalue weighted by atomic mass is 10.1. The molecule has 1 aliphatic rings. The van der Waals surface area contributed by atoms with Crippen molar-refractivity contribution in [1.29, 1.82) is 0 Å². The maximum Gasteiger partial charge on any atom is 0.328 e. The fraction of sp³-hybridized carbons (Fsp3) is 0.588. The molecule has 6 nitrogen and oxygen atoms in total. The molecule has 1 unspecified atom stereocenters. The van der Waals surface area contributed by atoms with Gasteiger partial charge in [-0.3, -0.25) is 10.3 Å². The molecule has 0 saturated carbocycles. The average molecular weight is 320 g/mol. The van der Waals surface area contributed by atoms with E-state index in [1.165, 1.54) is 37.9 Å². The van der Waals surface area contributed by atoms with Crippen molar-refractivity contribution in [3.05, 3.63) is 29.8 Å². The fourth-order valence-corrected chi connectivity index (χ4v) is 2.72. The summed E-state index contributed by atoms with van der Waals surface area (Å²) in [6, 6.07) is 7.91. The van der Waals surface area contributed by atoms with Gasteiger partial charge >= 0.3 is 6.03 Å². The van der Waals surface area contributed by atoms with Gasteiger partial charge < -0.3 is 10.1 Å². The first-order valence-electron chi connectivity index (χ1n) is 8.36. The molecular weight excluding hydrogens is 292 g/mol. The Balaban J connectivity index is 1.76. The molecule has 1 fully saturated rings. The molecule has 1 saturated heterocycles. The zero-order valence-corrected chi connectivity index (χ0v) is 13.9. The quantitative estimate of drug-likeness (QED) is 0.407. The Bertz CT molecular complexity index is 489. The highest BCUT2D eigenvalue weighted by molar-refractivity contribution is 5.72. The van der Waals surface area contributed by atoms with Crippen LogP contribution in [0.15, 0.2) is 24.3 Å². The number of carbonyl (C=O) groups is 1. The van der Waals surface area contributed by atoms with Gasteiger partial charge in [-0.05, 0) is 43.6 Å². The zero-order valence-electron chi connectivity index (χ0n) is 13.9. The van der Waals surface area contributed by atoms with Gasteiger partial charge in [0.15, 0.2) is 0 Å². The summed E-state index contributed by atoms with van der Waals surface area (Å²) in [7, 11) is 0. The minimum Gasteiger partial charge on any atom is -0.493 e. The van der Waals surface area contributed by atoms with E-state index in [0.717, 1.165) is 12.3 Å². The molecule has 1 aliphatic heterocycles. The number of amides is 2. The van der Waals surface area contributed by atoms with Gasteiger partial charge in [0.25, 0.3) is 0 Å². The van der Waals surface area contributed by atoms with E-state index in [-0.39, 0.29) is 11.9 Å². The number of carbonyl (C=O) groups excluding carboxylic acids is 1. The summed E-state index contributed by atoms with van der Waals surface area (Å²) in [6.45, 7) is 6.47. The van der Waals surface area contributed by atoms with Crippen LogP contribution >= 0.6 is 0 Å². The van der Waals surface area contributed by atoms with Crippen LogP contribution in [0.25, 0.3) is 0 Å². The number of nitrogens with two attached hydrogens (primary N) is 1. The maximum atomic E-state index is 11.0. The van der Waals surface area contributed by atoms with Crippen molar-refractivity contribution in [2.45, 2.75) is 32.7 Å². The normalized spacial score (nSPS) is 16.6. The Kier molecular flexibility index (Phi) is 7.16. The molecule has 0 radical (unpaired) electrons. The van der Waals surface area contributed by atoms with Crippen LogP contribution in [0.1, 0.15) is 31.7 Å². The number of likely N-dealkylation sites (tertiary alicyclic amines) is 1. The smallest absolute Gasteiger partial charge is 0.328 e. The third-order valence-corrected chi connectivity index (χ3v) is 4.03. The second-order valence-electron chi connectivity index (χ2n) is 6.25. The number of hydrogen-bond donors (Lipinski definition) is 3. The molecule has 4 N–H and O–H groups in total. The number of benzene rings is 1. The third-order valence-electron chi connectivity index (χ3n) is 4.03. The number of hydrogen-bond acceptors (Lipinski definition) is 4. The molecule has 2 rings (SSSR count). The summed E-state index contributed by atoms with van der Waals surface area (Å²) in [5.41, 5.74) is 3.33. The highest BCUT2D eigenvalue weighted by atomic mass is 16.5. The average Bonchev–Trinajstić information content (AvgIpc) is 2.59. The summed E-state index contributed by atoms with van der Waals surface area (Å²) in [5, 5.41) is 2.67. The van der Waals surface area contributed by atoms with E-state index in [9.17, 15) is 4.79 Å². The molecule has 0 bridgehead atoms. The molecule has 6 heteroatoms. The summed E-state index contributed by atoms with van der Waals surface area (Å²) < 4.78 is 5.84. The van der Waals surface area contributed by atoms with Gasteiger partial charge in [0.05, 0.1) is 6.61 Å². The molecule has 1 atom stereocenters. The SMILES string of the molecule is CC(CNC(=O)NN)COc1cccc(CN2CCCCC2)c1. The molecule has 1 aromatic rings. The lowest BCUT2D eigenvalue weighted by Crippen LogP contribution is -2.42. The lowest BCUT2D eigenvalue weighted by molar-refractivity contribution is 0.219. The monoisotopic (exact) mass is 320 g/mol. The highest BCUT2D eigenvalue weighted by Crippen LogP contribution is 2.18. The van der Waals surface area contributed by atoms with E-state index in [1.807, 2.05) is 24.5 Å². The summed E-state index contributed by atoms with van der Waals surface area (Å²) >= 11 is 0. The van der Waals surface area contributed by atoms with Gasteiger partial charge in [-0.25, -0.2) is 10.6 Å². The van der Waals surface area contributed by atoms with Crippen molar-refractivity contribution in [2.75, 3.05) is 26.2 Å². The third kappa shape index (κ3) is 6.46. The first-order chi connectivity index (χ1) is 11.2. The fourth-order valence-electron chi connectivity index (χ4n) is 2.72. The zero-order chi connectivity index (χ0) is 16.5. The van der Waals surface area contributed by atoms with Crippen molar-refractivity contribution < 1.29 is 9.53 Å². The molecule has 0 aromatic heterocycles. The van der Waals surface area contributed by atoms with Crippen molar-refractivity contribution >= 4 is 6.03 Å². The summed E-state index contributed by atoms with van der Waals surface area (Å²) in [4.78, 5) is 13.5. The minimum atomic E-state index is -0.375. The van der Waals surface area contributed by atoms with Gasteiger partial charge in [0, 0.05) is 19.0 Å².